The minimum absolute atomic E-state index is 0.0809. The van der Waals surface area contributed by atoms with Crippen molar-refractivity contribution in [3.8, 4) is 0 Å². The lowest BCUT2D eigenvalue weighted by Crippen LogP contribution is -2.39. The Morgan fingerprint density at radius 1 is 1.37 bits per heavy atom. The highest BCUT2D eigenvalue weighted by Crippen LogP contribution is 2.35. The first kappa shape index (κ1) is 14.4. The van der Waals surface area contributed by atoms with Gasteiger partial charge in [-0.15, -0.1) is 12.6 Å². The molecule has 1 aromatic rings. The molecule has 1 aromatic carbocycles. The first-order valence-electron chi connectivity index (χ1n) is 6.67. The van der Waals surface area contributed by atoms with Crippen molar-refractivity contribution in [1.82, 2.24) is 5.32 Å². The minimum atomic E-state index is -0.494. The van der Waals surface area contributed by atoms with E-state index in [-0.39, 0.29) is 17.5 Å². The zero-order valence-corrected chi connectivity index (χ0v) is 12.3. The summed E-state index contributed by atoms with van der Waals surface area (Å²) in [5, 5.41) is 2.93. The highest BCUT2D eigenvalue weighted by molar-refractivity contribution is 7.80. The molecule has 1 aliphatic carbocycles. The largest absolute Gasteiger partial charge is 0.349 e. The van der Waals surface area contributed by atoms with Crippen molar-refractivity contribution in [2.75, 3.05) is 0 Å². The van der Waals surface area contributed by atoms with E-state index in [1.165, 1.54) is 12.1 Å². The Balaban J connectivity index is 2.00. The van der Waals surface area contributed by atoms with Crippen molar-refractivity contribution < 1.29 is 9.18 Å². The fourth-order valence-electron chi connectivity index (χ4n) is 2.49. The van der Waals surface area contributed by atoms with E-state index in [2.05, 4.69) is 31.8 Å². The zero-order valence-electron chi connectivity index (χ0n) is 11.4. The molecule has 0 saturated heterocycles. The lowest BCUT2D eigenvalue weighted by Gasteiger charge is -2.34. The van der Waals surface area contributed by atoms with Gasteiger partial charge >= 0.3 is 0 Å². The third kappa shape index (κ3) is 3.72. The van der Waals surface area contributed by atoms with Gasteiger partial charge in [-0.2, -0.15) is 0 Å². The molecule has 1 saturated carbocycles. The lowest BCUT2D eigenvalue weighted by molar-refractivity contribution is 0.0904. The van der Waals surface area contributed by atoms with E-state index in [0.717, 1.165) is 25.7 Å². The van der Waals surface area contributed by atoms with Crippen LogP contribution < -0.4 is 5.32 Å². The fourth-order valence-corrected chi connectivity index (χ4v) is 2.70. The van der Waals surface area contributed by atoms with Crippen LogP contribution in [0, 0.1) is 11.2 Å². The molecule has 19 heavy (non-hydrogen) atoms. The van der Waals surface area contributed by atoms with Crippen molar-refractivity contribution in [2.45, 2.75) is 50.5 Å². The molecule has 2 rings (SSSR count). The van der Waals surface area contributed by atoms with Gasteiger partial charge in [-0.3, -0.25) is 4.79 Å². The van der Waals surface area contributed by atoms with Gasteiger partial charge in [0.2, 0.25) is 0 Å². The lowest BCUT2D eigenvalue weighted by atomic mass is 9.75. The summed E-state index contributed by atoms with van der Waals surface area (Å²) < 4.78 is 13.6. The summed E-state index contributed by atoms with van der Waals surface area (Å²) in [6.07, 6.45) is 4.10. The topological polar surface area (TPSA) is 29.1 Å². The summed E-state index contributed by atoms with van der Waals surface area (Å²) in [4.78, 5) is 12.7. The molecule has 4 heteroatoms. The van der Waals surface area contributed by atoms with Crippen molar-refractivity contribution in [1.29, 1.82) is 0 Å². The predicted molar refractivity (Wildman–Crippen MR) is 77.2 cm³/mol. The van der Waals surface area contributed by atoms with Gasteiger partial charge in [0.25, 0.3) is 5.91 Å². The van der Waals surface area contributed by atoms with Crippen molar-refractivity contribution in [2.24, 2.45) is 5.41 Å². The first-order chi connectivity index (χ1) is 8.87. The summed E-state index contributed by atoms with van der Waals surface area (Å²) in [6.45, 7) is 4.49. The highest BCUT2D eigenvalue weighted by atomic mass is 32.1. The molecular formula is C15H20FNOS. The summed E-state index contributed by atoms with van der Waals surface area (Å²) in [5.41, 5.74) is 0.439. The molecule has 0 atom stereocenters. The molecule has 0 aliphatic heterocycles. The standard InChI is InChI=1S/C15H20FNOS/c1-15(2)7-5-10(6-8-15)17-14(18)12-9-11(19)3-4-13(12)16/h3-4,9-10,19H,5-8H2,1-2H3,(H,17,18). The number of nitrogens with one attached hydrogen (secondary N) is 1. The maximum absolute atomic E-state index is 13.6. The van der Waals surface area contributed by atoms with Gasteiger partial charge in [0.1, 0.15) is 5.82 Å². The average molecular weight is 281 g/mol. The quantitative estimate of drug-likeness (QED) is 0.793. The maximum atomic E-state index is 13.6. The van der Waals surface area contributed by atoms with Crippen LogP contribution in [0.25, 0.3) is 0 Å². The van der Waals surface area contributed by atoms with Gasteiger partial charge in [0.05, 0.1) is 5.56 Å². The van der Waals surface area contributed by atoms with Gasteiger partial charge in [-0.1, -0.05) is 13.8 Å². The number of amides is 1. The predicted octanol–water partition coefficient (Wildman–Crippen LogP) is 3.81. The van der Waals surface area contributed by atoms with Crippen LogP contribution in [0.3, 0.4) is 0 Å². The molecule has 0 spiro atoms. The molecule has 0 bridgehead atoms. The van der Waals surface area contributed by atoms with E-state index in [0.29, 0.717) is 10.3 Å². The average Bonchev–Trinajstić information content (AvgIpc) is 2.35. The van der Waals surface area contributed by atoms with Crippen LogP contribution in [0.5, 0.6) is 0 Å². The molecule has 1 fully saturated rings. The Bertz CT molecular complexity index is 477. The van der Waals surface area contributed by atoms with Crippen LogP contribution in [-0.4, -0.2) is 11.9 Å². The Morgan fingerprint density at radius 2 is 2.00 bits per heavy atom. The summed E-state index contributed by atoms with van der Waals surface area (Å²) in [7, 11) is 0. The minimum Gasteiger partial charge on any atom is -0.349 e. The Labute approximate surface area is 119 Å². The van der Waals surface area contributed by atoms with Crippen molar-refractivity contribution in [3.63, 3.8) is 0 Å². The van der Waals surface area contributed by atoms with Gasteiger partial charge < -0.3 is 5.32 Å². The van der Waals surface area contributed by atoms with E-state index in [9.17, 15) is 9.18 Å². The molecule has 2 nitrogen and oxygen atoms in total. The molecule has 0 aromatic heterocycles. The second-order valence-corrected chi connectivity index (χ2v) is 6.59. The zero-order chi connectivity index (χ0) is 14.0. The summed E-state index contributed by atoms with van der Waals surface area (Å²) >= 11 is 4.14. The van der Waals surface area contributed by atoms with E-state index >= 15 is 0 Å². The third-order valence-electron chi connectivity index (χ3n) is 3.87. The number of hydrogen-bond donors (Lipinski definition) is 2. The molecule has 1 amide bonds. The molecule has 1 aliphatic rings. The van der Waals surface area contributed by atoms with Crippen molar-refractivity contribution >= 4 is 18.5 Å². The normalized spacial score (nSPS) is 19.2. The Hall–Kier alpha value is -1.03. The number of hydrogen-bond acceptors (Lipinski definition) is 2. The van der Waals surface area contributed by atoms with E-state index < -0.39 is 5.82 Å². The molecular weight excluding hydrogens is 261 g/mol. The molecule has 1 N–H and O–H groups in total. The first-order valence-corrected chi connectivity index (χ1v) is 7.11. The molecule has 0 radical (unpaired) electrons. The van der Waals surface area contributed by atoms with Gasteiger partial charge in [-0.25, -0.2) is 4.39 Å². The number of benzene rings is 1. The van der Waals surface area contributed by atoms with Crippen LogP contribution >= 0.6 is 12.6 Å². The monoisotopic (exact) mass is 281 g/mol. The van der Waals surface area contributed by atoms with E-state index in [4.69, 9.17) is 0 Å². The van der Waals surface area contributed by atoms with Gasteiger partial charge in [0, 0.05) is 10.9 Å². The number of carbonyl (C=O) groups excluding carboxylic acids is 1. The second-order valence-electron chi connectivity index (χ2n) is 6.08. The van der Waals surface area contributed by atoms with Crippen LogP contribution in [0.15, 0.2) is 23.1 Å². The molecule has 0 heterocycles. The van der Waals surface area contributed by atoms with Crippen molar-refractivity contribution in [3.05, 3.63) is 29.6 Å². The van der Waals surface area contributed by atoms with E-state index in [1.54, 1.807) is 6.07 Å². The number of rotatable bonds is 2. The molecule has 104 valence electrons. The Kier molecular flexibility index (Phi) is 4.19. The van der Waals surface area contributed by atoms with Gasteiger partial charge in [-0.05, 0) is 49.3 Å². The third-order valence-corrected chi connectivity index (χ3v) is 4.15. The second kappa shape index (κ2) is 5.53. The fraction of sp³-hybridized carbons (Fsp3) is 0.533. The summed E-state index contributed by atoms with van der Waals surface area (Å²) in [6, 6.07) is 4.45. The number of thiol groups is 1. The Morgan fingerprint density at radius 3 is 2.63 bits per heavy atom. The molecule has 0 unspecified atom stereocenters. The van der Waals surface area contributed by atoms with Gasteiger partial charge in [0.15, 0.2) is 0 Å². The number of halogens is 1. The highest BCUT2D eigenvalue weighted by Gasteiger charge is 2.28. The van der Waals surface area contributed by atoms with E-state index in [1.807, 2.05) is 0 Å². The van der Waals surface area contributed by atoms with Crippen LogP contribution in [0.1, 0.15) is 49.9 Å². The van der Waals surface area contributed by atoms with Crippen LogP contribution in [0.4, 0.5) is 4.39 Å². The van der Waals surface area contributed by atoms with Crippen LogP contribution in [0.2, 0.25) is 0 Å². The summed E-state index contributed by atoms with van der Waals surface area (Å²) in [5.74, 6) is -0.829. The smallest absolute Gasteiger partial charge is 0.254 e. The number of carbonyl (C=O) groups is 1. The maximum Gasteiger partial charge on any atom is 0.254 e. The van der Waals surface area contributed by atoms with Crippen LogP contribution in [-0.2, 0) is 0 Å². The SMILES string of the molecule is CC1(C)CCC(NC(=O)c2cc(S)ccc2F)CC1.